The summed E-state index contributed by atoms with van der Waals surface area (Å²) in [6.45, 7) is 4.73. The van der Waals surface area contributed by atoms with E-state index in [9.17, 15) is 5.26 Å². The van der Waals surface area contributed by atoms with E-state index in [-0.39, 0.29) is 23.5 Å². The number of nitrogens with zero attached hydrogens (tertiary/aromatic N) is 2. The number of hydrogen-bond acceptors (Lipinski definition) is 3. The van der Waals surface area contributed by atoms with Gasteiger partial charge in [0.25, 0.3) is 0 Å². The molecule has 0 amide bonds. The van der Waals surface area contributed by atoms with Crippen LogP contribution in [0.3, 0.4) is 0 Å². The highest BCUT2D eigenvalue weighted by Gasteiger charge is 2.48. The van der Waals surface area contributed by atoms with Gasteiger partial charge in [-0.25, -0.2) is 0 Å². The van der Waals surface area contributed by atoms with Gasteiger partial charge in [-0.3, -0.25) is 9.89 Å². The molecule has 0 aromatic heterocycles. The molecule has 2 heterocycles. The van der Waals surface area contributed by atoms with Gasteiger partial charge in [0.1, 0.15) is 23.6 Å². The lowest BCUT2D eigenvalue weighted by atomic mass is 9.81. The Labute approximate surface area is 282 Å². The van der Waals surface area contributed by atoms with Crippen LogP contribution in [0.25, 0.3) is 11.1 Å². The fourth-order valence-corrected chi connectivity index (χ4v) is 8.58. The summed E-state index contributed by atoms with van der Waals surface area (Å²) in [5.41, 5.74) is 14.4. The molecule has 0 bridgehead atoms. The second-order valence-electron chi connectivity index (χ2n) is 14.0. The molecule has 4 aromatic carbocycles. The monoisotopic (exact) mass is 621 g/mol. The van der Waals surface area contributed by atoms with E-state index in [0.29, 0.717) is 11.5 Å². The first-order valence-corrected chi connectivity index (χ1v) is 17.0. The van der Waals surface area contributed by atoms with Crippen LogP contribution in [0, 0.1) is 17.2 Å². The number of benzene rings is 4. The van der Waals surface area contributed by atoms with Gasteiger partial charge in [-0.05, 0) is 53.5 Å². The van der Waals surface area contributed by atoms with Crippen LogP contribution in [0.15, 0.2) is 150 Å². The first-order valence-electron chi connectivity index (χ1n) is 17.0. The van der Waals surface area contributed by atoms with Crippen molar-refractivity contribution in [3.8, 4) is 17.2 Å². The smallest absolute Gasteiger partial charge is 0.149 e. The summed E-state index contributed by atoms with van der Waals surface area (Å²) >= 11 is 0. The topological polar surface area (TPSA) is 52.6 Å². The van der Waals surface area contributed by atoms with Crippen molar-refractivity contribution >= 4 is 17.1 Å². The van der Waals surface area contributed by atoms with Gasteiger partial charge < -0.3 is 5.32 Å². The quantitative estimate of drug-likeness (QED) is 0.240. The number of hydrogen-bond donors (Lipinski definition) is 2. The molecule has 5 aliphatic rings. The Morgan fingerprint density at radius 3 is 2.58 bits per heavy atom. The Morgan fingerprint density at radius 1 is 0.854 bits per heavy atom. The molecule has 4 nitrogen and oxygen atoms in total. The van der Waals surface area contributed by atoms with Gasteiger partial charge in [0.2, 0.25) is 0 Å². The fourth-order valence-electron chi connectivity index (χ4n) is 8.58. The molecule has 232 valence electrons. The van der Waals surface area contributed by atoms with Crippen molar-refractivity contribution in [2.75, 3.05) is 0 Å². The van der Waals surface area contributed by atoms with E-state index in [1.54, 1.807) is 0 Å². The minimum atomic E-state index is -0.259. The molecule has 4 heteroatoms. The van der Waals surface area contributed by atoms with Crippen molar-refractivity contribution in [2.24, 2.45) is 10.9 Å². The molecule has 0 fully saturated rings. The van der Waals surface area contributed by atoms with Crippen molar-refractivity contribution < 1.29 is 4.90 Å². The van der Waals surface area contributed by atoms with Crippen molar-refractivity contribution in [1.29, 1.82) is 5.26 Å². The molecule has 2 N–H and O–H groups in total. The molecule has 0 saturated heterocycles. The van der Waals surface area contributed by atoms with Crippen LogP contribution in [0.5, 0.6) is 0 Å². The summed E-state index contributed by atoms with van der Waals surface area (Å²) in [4.78, 5) is 6.69. The van der Waals surface area contributed by atoms with Crippen LogP contribution in [-0.2, 0) is 5.41 Å². The van der Waals surface area contributed by atoms with Gasteiger partial charge >= 0.3 is 0 Å². The van der Waals surface area contributed by atoms with Gasteiger partial charge in [-0.2, -0.15) is 5.26 Å². The molecule has 0 spiro atoms. The second kappa shape index (κ2) is 11.0. The van der Waals surface area contributed by atoms with Gasteiger partial charge in [0.15, 0.2) is 0 Å². The summed E-state index contributed by atoms with van der Waals surface area (Å²) in [6, 6.07) is 33.2. The zero-order valence-electron chi connectivity index (χ0n) is 27.2. The van der Waals surface area contributed by atoms with Gasteiger partial charge in [0, 0.05) is 45.4 Å². The molecule has 9 rings (SSSR count). The van der Waals surface area contributed by atoms with Crippen molar-refractivity contribution in [3.63, 3.8) is 0 Å². The van der Waals surface area contributed by atoms with E-state index in [1.165, 1.54) is 44.1 Å². The molecule has 0 radical (unpaired) electrons. The first kappa shape index (κ1) is 28.7. The molecular weight excluding hydrogens is 585 g/mol. The standard InChI is InChI=1S/C44H36N4/c1-44(2)36-20-8-6-19-35(36)41-37(44)23-22-34-33-18-7-9-21-40(33)48(42(34)41)32-17-11-16-31(25-32)43-46-38(29-13-4-3-5-14-29)26-39(47-43)30-15-10-12-28(24-30)27-45/h3-13,15-26,29,33,40,43,46H,14H2,1-2H3/p+1. The van der Waals surface area contributed by atoms with Gasteiger partial charge in [0.05, 0.1) is 23.3 Å². The average molecular weight is 622 g/mol. The molecule has 2 aliphatic heterocycles. The normalized spacial score (nSPS) is 25.2. The predicted molar refractivity (Wildman–Crippen MR) is 194 cm³/mol. The number of allylic oxidation sites excluding steroid dienone is 7. The maximum Gasteiger partial charge on any atom is 0.149 e. The zero-order valence-corrected chi connectivity index (χ0v) is 27.2. The number of nitriles is 1. The number of quaternary nitrogens is 1. The predicted octanol–water partition coefficient (Wildman–Crippen LogP) is 8.41. The minimum Gasteiger partial charge on any atom is -0.363 e. The maximum atomic E-state index is 9.63. The minimum absolute atomic E-state index is 0.0567. The third-order valence-corrected chi connectivity index (χ3v) is 10.9. The summed E-state index contributed by atoms with van der Waals surface area (Å²) < 4.78 is 0. The summed E-state index contributed by atoms with van der Waals surface area (Å²) in [7, 11) is 0. The van der Waals surface area contributed by atoms with Gasteiger partial charge in [-0.15, -0.1) is 0 Å². The van der Waals surface area contributed by atoms with Crippen LogP contribution < -0.4 is 10.2 Å². The summed E-state index contributed by atoms with van der Waals surface area (Å²) in [5, 5.41) is 13.4. The molecule has 0 saturated carbocycles. The Hall–Kier alpha value is -5.50. The summed E-state index contributed by atoms with van der Waals surface area (Å²) in [6.07, 6.45) is 20.8. The lowest BCUT2D eigenvalue weighted by molar-refractivity contribution is -0.775. The van der Waals surface area contributed by atoms with Crippen molar-refractivity contribution in [3.05, 3.63) is 179 Å². The average Bonchev–Trinajstić information content (AvgIpc) is 3.60. The SMILES string of the molecule is CC1(C)c2ccccc2-c2c1ccc1c2[NH+](c2cccc(C3N=C(c4cccc(C#N)c4)C=C(C4C=CC=CC4)N3)c2)C2C=CC=CC12. The third kappa shape index (κ3) is 4.43. The molecule has 3 aliphatic carbocycles. The largest absolute Gasteiger partial charge is 0.363 e. The fraction of sp³-hybridized carbons (Fsp3) is 0.182. The number of rotatable bonds is 4. The van der Waals surface area contributed by atoms with Crippen LogP contribution in [-0.4, -0.2) is 11.8 Å². The Balaban J connectivity index is 1.17. The Bertz CT molecular complexity index is 2220. The molecular formula is C44H37N4+. The molecule has 48 heavy (non-hydrogen) atoms. The van der Waals surface area contributed by atoms with E-state index in [1.807, 2.05) is 18.2 Å². The number of aliphatic imine (C=N–C) groups is 1. The highest BCUT2D eigenvalue weighted by atomic mass is 15.2. The Kier molecular flexibility index (Phi) is 6.61. The zero-order chi connectivity index (χ0) is 32.4. The highest BCUT2D eigenvalue weighted by Crippen LogP contribution is 2.54. The lowest BCUT2D eigenvalue weighted by Gasteiger charge is -2.29. The summed E-state index contributed by atoms with van der Waals surface area (Å²) in [5.74, 6) is 0.558. The Morgan fingerprint density at radius 2 is 1.71 bits per heavy atom. The van der Waals surface area contributed by atoms with Crippen LogP contribution in [0.1, 0.15) is 65.7 Å². The van der Waals surface area contributed by atoms with Crippen LogP contribution in [0.2, 0.25) is 0 Å². The third-order valence-electron chi connectivity index (χ3n) is 10.9. The molecule has 4 aromatic rings. The molecule has 5 unspecified atom stereocenters. The van der Waals surface area contributed by atoms with E-state index < -0.39 is 0 Å². The second-order valence-corrected chi connectivity index (χ2v) is 14.0. The van der Waals surface area contributed by atoms with Crippen LogP contribution >= 0.6 is 0 Å². The first-order chi connectivity index (χ1) is 23.5. The number of fused-ring (bicyclic) bond motifs is 7. The van der Waals surface area contributed by atoms with Gasteiger partial charge in [-0.1, -0.05) is 117 Å². The maximum absolute atomic E-state index is 9.63. The van der Waals surface area contributed by atoms with E-state index >= 15 is 0 Å². The van der Waals surface area contributed by atoms with Crippen molar-refractivity contribution in [1.82, 2.24) is 5.32 Å². The van der Waals surface area contributed by atoms with Crippen molar-refractivity contribution in [2.45, 2.75) is 43.8 Å². The van der Waals surface area contributed by atoms with Crippen LogP contribution in [0.4, 0.5) is 11.4 Å². The van der Waals surface area contributed by atoms with E-state index in [2.05, 4.69) is 147 Å². The number of nitrogens with one attached hydrogen (secondary N) is 2. The molecule has 5 atom stereocenters. The van der Waals surface area contributed by atoms with E-state index in [0.717, 1.165) is 29.0 Å². The van der Waals surface area contributed by atoms with E-state index in [4.69, 9.17) is 4.99 Å². The highest BCUT2D eigenvalue weighted by molar-refractivity contribution is 6.09. The lowest BCUT2D eigenvalue weighted by Crippen LogP contribution is -3.05.